The molecule has 3 heteroatoms. The van der Waals surface area contributed by atoms with Crippen molar-refractivity contribution in [2.45, 2.75) is 13.8 Å². The fourth-order valence-corrected chi connectivity index (χ4v) is 1.62. The van der Waals surface area contributed by atoms with E-state index in [2.05, 4.69) is 15.9 Å². The van der Waals surface area contributed by atoms with Crippen LogP contribution in [0.15, 0.2) is 22.7 Å². The van der Waals surface area contributed by atoms with Gasteiger partial charge in [-0.15, -0.1) is 0 Å². The van der Waals surface area contributed by atoms with Crippen molar-refractivity contribution in [2.75, 3.05) is 13.2 Å². The van der Waals surface area contributed by atoms with Gasteiger partial charge >= 0.3 is 0 Å². The van der Waals surface area contributed by atoms with Crippen LogP contribution < -0.4 is 4.74 Å². The second-order valence-electron chi connectivity index (χ2n) is 3.05. The predicted octanol–water partition coefficient (Wildman–Crippen LogP) is 2.78. The van der Waals surface area contributed by atoms with Crippen LogP contribution in [0.25, 0.3) is 0 Å². The Morgan fingerprint density at radius 3 is 2.71 bits per heavy atom. The van der Waals surface area contributed by atoms with Crippen LogP contribution >= 0.6 is 15.9 Å². The average Bonchev–Trinajstić information content (AvgIpc) is 2.16. The van der Waals surface area contributed by atoms with Crippen LogP contribution in [0.1, 0.15) is 19.4 Å². The Labute approximate surface area is 93.0 Å². The number of benzene rings is 1. The van der Waals surface area contributed by atoms with E-state index in [1.54, 1.807) is 0 Å². The fraction of sp³-hybridized carbons (Fsp3) is 0.364. The minimum absolute atomic E-state index is 0.0714. The second kappa shape index (κ2) is 5.37. The molecule has 0 aliphatic heterocycles. The van der Waals surface area contributed by atoms with Gasteiger partial charge < -0.3 is 9.84 Å². The van der Waals surface area contributed by atoms with E-state index in [0.29, 0.717) is 6.61 Å². The van der Waals surface area contributed by atoms with Crippen molar-refractivity contribution in [3.05, 3.63) is 34.2 Å². The highest BCUT2D eigenvalue weighted by Gasteiger charge is 2.07. The molecule has 0 aliphatic carbocycles. The number of hydrogen-bond acceptors (Lipinski definition) is 2. The first-order valence-corrected chi connectivity index (χ1v) is 5.33. The highest BCUT2D eigenvalue weighted by atomic mass is 79.9. The Balaban J connectivity index is 2.94. The third-order valence-electron chi connectivity index (χ3n) is 1.91. The van der Waals surface area contributed by atoms with E-state index in [0.717, 1.165) is 21.7 Å². The lowest BCUT2D eigenvalue weighted by atomic mass is 10.0. The average molecular weight is 258 g/mol. The summed E-state index contributed by atoms with van der Waals surface area (Å²) in [5.74, 6) is 1.76. The van der Waals surface area contributed by atoms with Crippen LogP contribution in [0, 0.1) is 5.92 Å². The van der Waals surface area contributed by atoms with Crippen molar-refractivity contribution in [1.29, 1.82) is 0 Å². The molecule has 1 N–H and O–H groups in total. The Morgan fingerprint density at radius 2 is 2.14 bits per heavy atom. The van der Waals surface area contributed by atoms with E-state index in [1.807, 2.05) is 32.0 Å². The molecule has 0 heterocycles. The van der Waals surface area contributed by atoms with Crippen molar-refractivity contribution in [3.8, 4) is 5.75 Å². The van der Waals surface area contributed by atoms with Crippen molar-refractivity contribution >= 4 is 15.9 Å². The first-order valence-electron chi connectivity index (χ1n) is 4.54. The Morgan fingerprint density at radius 1 is 1.43 bits per heavy atom. The molecule has 1 rings (SSSR count). The maximum absolute atomic E-state index is 9.01. The largest absolute Gasteiger partial charge is 0.494 e. The van der Waals surface area contributed by atoms with Crippen molar-refractivity contribution in [3.63, 3.8) is 0 Å². The molecule has 77 valence electrons. The minimum atomic E-state index is 0.0714. The summed E-state index contributed by atoms with van der Waals surface area (Å²) >= 11 is 3.41. The summed E-state index contributed by atoms with van der Waals surface area (Å²) in [6.07, 6.45) is 0. The number of aliphatic hydroxyl groups excluding tert-OH is 1. The van der Waals surface area contributed by atoms with Gasteiger partial charge in [0.2, 0.25) is 0 Å². The number of halogens is 1. The van der Waals surface area contributed by atoms with E-state index in [-0.39, 0.29) is 6.61 Å². The Hall–Kier alpha value is -0.540. The van der Waals surface area contributed by atoms with Gasteiger partial charge in [0.1, 0.15) is 5.75 Å². The molecule has 0 amide bonds. The molecule has 0 saturated heterocycles. The van der Waals surface area contributed by atoms with E-state index >= 15 is 0 Å². The maximum Gasteiger partial charge on any atom is 0.120 e. The van der Waals surface area contributed by atoms with Gasteiger partial charge in [-0.25, -0.2) is 0 Å². The molecule has 0 atom stereocenters. The molecule has 0 aromatic heterocycles. The molecule has 0 saturated carbocycles. The molecule has 1 radical (unpaired) electrons. The summed E-state index contributed by atoms with van der Waals surface area (Å²) in [5, 5.41) is 9.01. The number of hydrogen-bond donors (Lipinski definition) is 1. The lowest BCUT2D eigenvalue weighted by molar-refractivity contribution is 0.314. The third kappa shape index (κ3) is 3.00. The quantitative estimate of drug-likeness (QED) is 0.899. The van der Waals surface area contributed by atoms with Crippen LogP contribution in [-0.4, -0.2) is 18.3 Å². The first-order chi connectivity index (χ1) is 6.67. The molecular formula is C11H14BrO2. The summed E-state index contributed by atoms with van der Waals surface area (Å²) < 4.78 is 6.36. The van der Waals surface area contributed by atoms with Gasteiger partial charge in [0.05, 0.1) is 13.2 Å². The van der Waals surface area contributed by atoms with Crippen molar-refractivity contribution < 1.29 is 9.84 Å². The van der Waals surface area contributed by atoms with E-state index in [4.69, 9.17) is 9.84 Å². The minimum Gasteiger partial charge on any atom is -0.494 e. The zero-order valence-corrected chi connectivity index (χ0v) is 9.97. The number of ether oxygens (including phenoxy) is 1. The van der Waals surface area contributed by atoms with Crippen molar-refractivity contribution in [1.82, 2.24) is 0 Å². The van der Waals surface area contributed by atoms with E-state index in [9.17, 15) is 0 Å². The van der Waals surface area contributed by atoms with Gasteiger partial charge in [-0.05, 0) is 30.7 Å². The molecular weight excluding hydrogens is 244 g/mol. The van der Waals surface area contributed by atoms with Crippen LogP contribution in [0.3, 0.4) is 0 Å². The number of aliphatic hydroxyl groups is 1. The highest BCUT2D eigenvalue weighted by Crippen LogP contribution is 2.25. The van der Waals surface area contributed by atoms with Crippen LogP contribution in [0.5, 0.6) is 5.75 Å². The summed E-state index contributed by atoms with van der Waals surface area (Å²) in [4.78, 5) is 0. The first kappa shape index (κ1) is 11.5. The molecule has 0 unspecified atom stereocenters. The normalized spacial score (nSPS) is 10.6. The summed E-state index contributed by atoms with van der Waals surface area (Å²) in [5.41, 5.74) is 1.00. The van der Waals surface area contributed by atoms with Gasteiger partial charge in [0.15, 0.2) is 0 Å². The Bertz CT molecular complexity index is 299. The topological polar surface area (TPSA) is 29.5 Å². The van der Waals surface area contributed by atoms with E-state index < -0.39 is 0 Å². The molecule has 0 aliphatic rings. The zero-order valence-electron chi connectivity index (χ0n) is 8.38. The van der Waals surface area contributed by atoms with Crippen LogP contribution in [0.2, 0.25) is 0 Å². The van der Waals surface area contributed by atoms with Gasteiger partial charge in [-0.1, -0.05) is 22.9 Å². The maximum atomic E-state index is 9.01. The molecule has 14 heavy (non-hydrogen) atoms. The van der Waals surface area contributed by atoms with E-state index in [1.165, 1.54) is 0 Å². The van der Waals surface area contributed by atoms with Crippen LogP contribution in [-0.2, 0) is 0 Å². The van der Waals surface area contributed by atoms with Gasteiger partial charge in [-0.3, -0.25) is 0 Å². The summed E-state index contributed by atoms with van der Waals surface area (Å²) in [6.45, 7) is 4.57. The molecule has 0 fully saturated rings. The molecule has 1 aromatic rings. The van der Waals surface area contributed by atoms with Gasteiger partial charge in [0, 0.05) is 10.4 Å². The SMILES string of the molecule is CCOc1cc(Br)cc([C](C)CO)c1. The summed E-state index contributed by atoms with van der Waals surface area (Å²) in [6, 6.07) is 5.81. The fourth-order valence-electron chi connectivity index (χ4n) is 1.15. The van der Waals surface area contributed by atoms with Crippen molar-refractivity contribution in [2.24, 2.45) is 0 Å². The molecule has 2 nitrogen and oxygen atoms in total. The van der Waals surface area contributed by atoms with Gasteiger partial charge in [-0.2, -0.15) is 0 Å². The predicted molar refractivity (Wildman–Crippen MR) is 60.4 cm³/mol. The highest BCUT2D eigenvalue weighted by molar-refractivity contribution is 9.10. The molecule has 1 aromatic carbocycles. The van der Waals surface area contributed by atoms with Gasteiger partial charge in [0.25, 0.3) is 0 Å². The zero-order chi connectivity index (χ0) is 10.6. The second-order valence-corrected chi connectivity index (χ2v) is 3.96. The summed E-state index contributed by atoms with van der Waals surface area (Å²) in [7, 11) is 0. The molecule has 0 spiro atoms. The third-order valence-corrected chi connectivity index (χ3v) is 2.37. The number of rotatable bonds is 4. The standard InChI is InChI=1S/C11H14BrO2/c1-3-14-11-5-9(8(2)7-13)4-10(12)6-11/h4-6,13H,3,7H2,1-2H3. The Kier molecular flexibility index (Phi) is 4.42. The van der Waals surface area contributed by atoms with Crippen LogP contribution in [0.4, 0.5) is 0 Å². The molecule has 0 bridgehead atoms. The monoisotopic (exact) mass is 257 g/mol. The lowest BCUT2D eigenvalue weighted by Crippen LogP contribution is -2.01. The lowest BCUT2D eigenvalue weighted by Gasteiger charge is -2.11. The smallest absolute Gasteiger partial charge is 0.120 e.